The van der Waals surface area contributed by atoms with E-state index in [0.29, 0.717) is 18.3 Å². The molecule has 6 heterocycles. The standard InChI is InChI=1S/C28H31ClN6O2/c1-17-11-19(33-10-9-26(2,15-33)20-5-3-4-6-21(20)29)13-35-23(17)30-24(32-35)28-12-18(14-37-28)22(28)34-16-27(7-8-27)31-25(34)36/h3-6,11,13,18,22H,7-10,12,14-16H2,1-2H3,(H,31,36)/t18?,22?,26-,28?/m0/s1. The Kier molecular flexibility index (Phi) is 4.30. The molecule has 4 saturated heterocycles. The molecule has 2 amide bonds. The first-order valence-electron chi connectivity index (χ1n) is 13.4. The van der Waals surface area contributed by atoms with Crippen LogP contribution in [0.3, 0.4) is 0 Å². The van der Waals surface area contributed by atoms with Crippen LogP contribution >= 0.6 is 11.6 Å². The van der Waals surface area contributed by atoms with E-state index in [1.54, 1.807) is 0 Å². The van der Waals surface area contributed by atoms with E-state index in [0.717, 1.165) is 67.2 Å². The van der Waals surface area contributed by atoms with E-state index >= 15 is 0 Å². The number of urea groups is 1. The summed E-state index contributed by atoms with van der Waals surface area (Å²) in [6.45, 7) is 7.68. The van der Waals surface area contributed by atoms with Crippen LogP contribution in [-0.2, 0) is 15.8 Å². The molecule has 0 radical (unpaired) electrons. The van der Waals surface area contributed by atoms with Gasteiger partial charge in [-0.15, -0.1) is 5.10 Å². The number of anilines is 1. The number of hydrogen-bond acceptors (Lipinski definition) is 5. The van der Waals surface area contributed by atoms with Crippen molar-refractivity contribution in [2.24, 2.45) is 5.92 Å². The van der Waals surface area contributed by atoms with Crippen LogP contribution in [-0.4, -0.2) is 63.4 Å². The Morgan fingerprint density at radius 3 is 2.78 bits per heavy atom. The zero-order valence-corrected chi connectivity index (χ0v) is 22.0. The van der Waals surface area contributed by atoms with Crippen LogP contribution in [0.2, 0.25) is 5.02 Å². The van der Waals surface area contributed by atoms with E-state index < -0.39 is 5.60 Å². The highest BCUT2D eigenvalue weighted by molar-refractivity contribution is 6.31. The van der Waals surface area contributed by atoms with Crippen molar-refractivity contribution in [3.05, 3.63) is 58.5 Å². The van der Waals surface area contributed by atoms with Gasteiger partial charge in [-0.25, -0.2) is 14.3 Å². The number of amides is 2. The first-order valence-corrected chi connectivity index (χ1v) is 13.8. The summed E-state index contributed by atoms with van der Waals surface area (Å²) in [7, 11) is 0. The molecule has 9 heteroatoms. The first-order chi connectivity index (χ1) is 17.8. The van der Waals surface area contributed by atoms with E-state index in [4.69, 9.17) is 26.4 Å². The van der Waals surface area contributed by atoms with Crippen LogP contribution in [0.5, 0.6) is 0 Å². The van der Waals surface area contributed by atoms with Gasteiger partial charge in [0.15, 0.2) is 17.1 Å². The second kappa shape index (κ2) is 7.17. The quantitative estimate of drug-likeness (QED) is 0.564. The lowest BCUT2D eigenvalue weighted by atomic mass is 9.68. The lowest BCUT2D eigenvalue weighted by Gasteiger charge is -2.47. The first kappa shape index (κ1) is 22.2. The highest BCUT2D eigenvalue weighted by Gasteiger charge is 2.69. The minimum atomic E-state index is -0.600. The van der Waals surface area contributed by atoms with Crippen LogP contribution < -0.4 is 10.2 Å². The van der Waals surface area contributed by atoms with E-state index in [1.165, 1.54) is 5.56 Å². The number of aromatic nitrogens is 3. The molecule has 3 unspecified atom stereocenters. The molecular formula is C28H31ClN6O2. The maximum Gasteiger partial charge on any atom is 0.318 e. The fourth-order valence-corrected chi connectivity index (χ4v) is 7.78. The van der Waals surface area contributed by atoms with Crippen molar-refractivity contribution in [2.45, 2.75) is 62.1 Å². The van der Waals surface area contributed by atoms with Crippen molar-refractivity contribution in [2.75, 3.05) is 31.1 Å². The van der Waals surface area contributed by atoms with Gasteiger partial charge >= 0.3 is 6.03 Å². The Balaban J connectivity index is 1.11. The molecule has 2 aliphatic carbocycles. The van der Waals surface area contributed by atoms with Crippen molar-refractivity contribution in [1.29, 1.82) is 0 Å². The lowest BCUT2D eigenvalue weighted by molar-refractivity contribution is -0.0733. The Morgan fingerprint density at radius 2 is 2.03 bits per heavy atom. The van der Waals surface area contributed by atoms with Crippen LogP contribution in [0.15, 0.2) is 36.5 Å². The van der Waals surface area contributed by atoms with Gasteiger partial charge in [-0.3, -0.25) is 0 Å². The molecule has 6 fully saturated rings. The molecule has 4 aliphatic heterocycles. The number of aryl methyl sites for hydroxylation is 1. The zero-order valence-electron chi connectivity index (χ0n) is 21.2. The average Bonchev–Trinajstić information content (AvgIpc) is 3.38. The van der Waals surface area contributed by atoms with Gasteiger partial charge in [0.2, 0.25) is 0 Å². The number of carbonyl (C=O) groups is 1. The minimum Gasteiger partial charge on any atom is -0.369 e. The summed E-state index contributed by atoms with van der Waals surface area (Å²) in [5.41, 5.74) is 3.68. The number of pyridine rings is 1. The molecular weight excluding hydrogens is 488 g/mol. The summed E-state index contributed by atoms with van der Waals surface area (Å²) in [6, 6.07) is 10.5. The summed E-state index contributed by atoms with van der Waals surface area (Å²) < 4.78 is 8.28. The molecule has 4 atom stereocenters. The van der Waals surface area contributed by atoms with Gasteiger partial charge in [0, 0.05) is 36.0 Å². The molecule has 3 aromatic rings. The number of hydrogen-bond donors (Lipinski definition) is 1. The molecule has 1 spiro atoms. The summed E-state index contributed by atoms with van der Waals surface area (Å²) in [6.07, 6.45) is 6.15. The van der Waals surface area contributed by atoms with Crippen LogP contribution in [0.1, 0.15) is 49.6 Å². The van der Waals surface area contributed by atoms with Gasteiger partial charge < -0.3 is 19.9 Å². The minimum absolute atomic E-state index is 0.000655. The molecule has 192 valence electrons. The highest BCUT2D eigenvalue weighted by Crippen LogP contribution is 2.58. The maximum atomic E-state index is 12.8. The monoisotopic (exact) mass is 518 g/mol. The van der Waals surface area contributed by atoms with Gasteiger partial charge in [0.25, 0.3) is 0 Å². The summed E-state index contributed by atoms with van der Waals surface area (Å²) in [5.74, 6) is 1.06. The molecule has 9 rings (SSSR count). The summed E-state index contributed by atoms with van der Waals surface area (Å²) in [4.78, 5) is 22.3. The Labute approximate surface area is 220 Å². The lowest BCUT2D eigenvalue weighted by Crippen LogP contribution is -2.60. The molecule has 8 nitrogen and oxygen atoms in total. The molecule has 2 saturated carbocycles. The van der Waals surface area contributed by atoms with Crippen LogP contribution in [0, 0.1) is 12.8 Å². The smallest absolute Gasteiger partial charge is 0.318 e. The van der Waals surface area contributed by atoms with E-state index in [1.807, 2.05) is 21.5 Å². The van der Waals surface area contributed by atoms with Crippen LogP contribution in [0.4, 0.5) is 10.5 Å². The fourth-order valence-electron chi connectivity index (χ4n) is 7.42. The third-order valence-corrected chi connectivity index (χ3v) is 10.0. The molecule has 6 aliphatic rings. The van der Waals surface area contributed by atoms with Crippen LogP contribution in [0.25, 0.3) is 5.65 Å². The van der Waals surface area contributed by atoms with Gasteiger partial charge in [0.05, 0.1) is 30.1 Å². The van der Waals surface area contributed by atoms with Gasteiger partial charge in [-0.2, -0.15) is 0 Å². The highest BCUT2D eigenvalue weighted by atomic mass is 35.5. The number of nitrogens with zero attached hydrogens (tertiary/aromatic N) is 5. The SMILES string of the molecule is Cc1cc(N2CC[C@](C)(c3ccccc3Cl)C2)cn2nc(C34CC(CO3)C4N3CC4(CC4)NC3=O)nc12. The summed E-state index contributed by atoms with van der Waals surface area (Å²) >= 11 is 6.58. The maximum absolute atomic E-state index is 12.8. The number of rotatable bonds is 4. The second-order valence-corrected chi connectivity index (χ2v) is 12.7. The third kappa shape index (κ3) is 3.03. The number of carbonyl (C=O) groups excluding carboxylic acids is 1. The predicted molar refractivity (Wildman–Crippen MR) is 140 cm³/mol. The van der Waals surface area contributed by atoms with E-state index in [-0.39, 0.29) is 23.0 Å². The van der Waals surface area contributed by atoms with E-state index in [9.17, 15) is 4.79 Å². The average molecular weight is 519 g/mol. The second-order valence-electron chi connectivity index (χ2n) is 12.2. The topological polar surface area (TPSA) is 75.0 Å². The predicted octanol–water partition coefficient (Wildman–Crippen LogP) is 4.03. The van der Waals surface area contributed by atoms with Gasteiger partial charge in [-0.05, 0) is 55.9 Å². The van der Waals surface area contributed by atoms with Crippen molar-refractivity contribution in [1.82, 2.24) is 24.8 Å². The van der Waals surface area contributed by atoms with Gasteiger partial charge in [0.1, 0.15) is 0 Å². The van der Waals surface area contributed by atoms with Crippen molar-refractivity contribution < 1.29 is 9.53 Å². The Hall–Kier alpha value is -2.84. The molecule has 37 heavy (non-hydrogen) atoms. The third-order valence-electron chi connectivity index (χ3n) is 9.68. The fraction of sp³-hybridized carbons (Fsp3) is 0.536. The van der Waals surface area contributed by atoms with Crippen molar-refractivity contribution in [3.63, 3.8) is 0 Å². The molecule has 1 N–H and O–H groups in total. The molecule has 1 aromatic carbocycles. The number of halogens is 1. The number of benzene rings is 1. The zero-order chi connectivity index (χ0) is 25.2. The Bertz CT molecular complexity index is 1460. The Morgan fingerprint density at radius 1 is 1.19 bits per heavy atom. The summed E-state index contributed by atoms with van der Waals surface area (Å²) in [5, 5.41) is 9.02. The normalized spacial score (nSPS) is 33.4. The van der Waals surface area contributed by atoms with Gasteiger partial charge in [-0.1, -0.05) is 36.7 Å². The molecule has 2 bridgehead atoms. The largest absolute Gasteiger partial charge is 0.369 e. The van der Waals surface area contributed by atoms with Crippen molar-refractivity contribution >= 4 is 29.0 Å². The number of nitrogens with one attached hydrogen (secondary N) is 1. The number of fused-ring (bicyclic) bond motifs is 2. The van der Waals surface area contributed by atoms with Crippen molar-refractivity contribution in [3.8, 4) is 0 Å². The number of ether oxygens (including phenoxy) is 1. The van der Waals surface area contributed by atoms with E-state index in [2.05, 4.69) is 48.5 Å². The molecule has 2 aromatic heterocycles.